The first kappa shape index (κ1) is 11.6. The molecular formula is C9H9O5P. The SMILES string of the molecule is O=C(OCC[P+](=O)[O-])c1ccccc1O. The number of rotatable bonds is 4. The van der Waals surface area contributed by atoms with Gasteiger partial charge in [-0.2, -0.15) is 0 Å². The van der Waals surface area contributed by atoms with E-state index in [2.05, 4.69) is 4.74 Å². The van der Waals surface area contributed by atoms with Crippen molar-refractivity contribution in [2.45, 2.75) is 0 Å². The molecule has 0 heterocycles. The van der Waals surface area contributed by atoms with Crippen molar-refractivity contribution < 1.29 is 24.1 Å². The summed E-state index contributed by atoms with van der Waals surface area (Å²) in [4.78, 5) is 21.4. The van der Waals surface area contributed by atoms with E-state index in [-0.39, 0.29) is 24.1 Å². The summed E-state index contributed by atoms with van der Waals surface area (Å²) in [7, 11) is -2.55. The molecule has 5 nitrogen and oxygen atoms in total. The molecule has 0 aliphatic rings. The van der Waals surface area contributed by atoms with Crippen molar-refractivity contribution in [2.75, 3.05) is 12.8 Å². The van der Waals surface area contributed by atoms with Crippen LogP contribution in [0.4, 0.5) is 0 Å². The van der Waals surface area contributed by atoms with Crippen LogP contribution in [0.1, 0.15) is 10.4 Å². The average Bonchev–Trinajstić information content (AvgIpc) is 2.17. The Bertz CT molecular complexity index is 377. The summed E-state index contributed by atoms with van der Waals surface area (Å²) < 4.78 is 14.8. The molecule has 1 N–H and O–H groups in total. The molecule has 0 aliphatic carbocycles. The second-order valence-corrected chi connectivity index (χ2v) is 3.82. The Labute approximate surface area is 87.2 Å². The zero-order valence-electron chi connectivity index (χ0n) is 7.75. The molecule has 0 amide bonds. The maximum atomic E-state index is 11.3. The van der Waals surface area contributed by atoms with E-state index in [0.29, 0.717) is 0 Å². The van der Waals surface area contributed by atoms with Gasteiger partial charge in [-0.25, -0.2) is 4.79 Å². The van der Waals surface area contributed by atoms with Gasteiger partial charge in [0.2, 0.25) is 0 Å². The van der Waals surface area contributed by atoms with Gasteiger partial charge in [0.25, 0.3) is 0 Å². The van der Waals surface area contributed by atoms with Crippen molar-refractivity contribution in [2.24, 2.45) is 0 Å². The Morgan fingerprint density at radius 3 is 2.73 bits per heavy atom. The normalized spacial score (nSPS) is 10.9. The molecule has 6 heteroatoms. The monoisotopic (exact) mass is 228 g/mol. The molecule has 0 bridgehead atoms. The van der Waals surface area contributed by atoms with Crippen LogP contribution in [-0.4, -0.2) is 23.8 Å². The van der Waals surface area contributed by atoms with Crippen molar-refractivity contribution in [3.63, 3.8) is 0 Å². The van der Waals surface area contributed by atoms with Gasteiger partial charge >= 0.3 is 14.0 Å². The van der Waals surface area contributed by atoms with Crippen LogP contribution >= 0.6 is 8.03 Å². The van der Waals surface area contributed by atoms with Gasteiger partial charge in [0, 0.05) is 0 Å². The zero-order chi connectivity index (χ0) is 11.3. The number of hydrogen-bond donors (Lipinski definition) is 1. The van der Waals surface area contributed by atoms with E-state index in [9.17, 15) is 19.4 Å². The van der Waals surface area contributed by atoms with Gasteiger partial charge in [0.1, 0.15) is 17.9 Å². The molecule has 80 valence electrons. The standard InChI is InChI=1S/C9H9O5P/c10-8-4-2-1-3-7(8)9(11)14-5-6-15(12)13/h1-4,10H,5-6H2. The predicted molar refractivity (Wildman–Crippen MR) is 50.9 cm³/mol. The third-order valence-corrected chi connectivity index (χ3v) is 2.18. The quantitative estimate of drug-likeness (QED) is 0.604. The van der Waals surface area contributed by atoms with Crippen LogP contribution in [0.15, 0.2) is 24.3 Å². The molecule has 0 fully saturated rings. The molecule has 1 atom stereocenters. The zero-order valence-corrected chi connectivity index (χ0v) is 8.65. The minimum Gasteiger partial charge on any atom is -0.595 e. The number of hydrogen-bond acceptors (Lipinski definition) is 5. The summed E-state index contributed by atoms with van der Waals surface area (Å²) in [6.45, 7) is -0.203. The van der Waals surface area contributed by atoms with Crippen LogP contribution in [-0.2, 0) is 9.30 Å². The fraction of sp³-hybridized carbons (Fsp3) is 0.222. The summed E-state index contributed by atoms with van der Waals surface area (Å²) in [6.07, 6.45) is -0.214. The number of carbonyl (C=O) groups is 1. The number of esters is 1. The highest BCUT2D eigenvalue weighted by Crippen LogP contribution is 2.16. The number of phenolic OH excluding ortho intramolecular Hbond substituents is 1. The largest absolute Gasteiger partial charge is 0.595 e. The lowest BCUT2D eigenvalue weighted by atomic mass is 10.2. The molecule has 1 aromatic carbocycles. The summed E-state index contributed by atoms with van der Waals surface area (Å²) in [6, 6.07) is 5.89. The average molecular weight is 228 g/mol. The summed E-state index contributed by atoms with van der Waals surface area (Å²) in [5.74, 6) is -0.918. The molecule has 0 radical (unpaired) electrons. The van der Waals surface area contributed by atoms with Gasteiger partial charge in [0.05, 0.1) is 0 Å². The van der Waals surface area contributed by atoms with Gasteiger partial charge in [-0.1, -0.05) is 16.7 Å². The lowest BCUT2D eigenvalue weighted by Gasteiger charge is -2.03. The highest BCUT2D eigenvalue weighted by Gasteiger charge is 2.12. The lowest BCUT2D eigenvalue weighted by Crippen LogP contribution is -2.09. The molecule has 15 heavy (non-hydrogen) atoms. The van der Waals surface area contributed by atoms with Crippen LogP contribution in [0.5, 0.6) is 5.75 Å². The Morgan fingerprint density at radius 1 is 1.47 bits per heavy atom. The number of para-hydroxylation sites is 1. The van der Waals surface area contributed by atoms with Crippen LogP contribution in [0.3, 0.4) is 0 Å². The van der Waals surface area contributed by atoms with Gasteiger partial charge in [-0.3, -0.25) is 0 Å². The molecule has 0 saturated carbocycles. The van der Waals surface area contributed by atoms with Crippen LogP contribution in [0, 0.1) is 0 Å². The van der Waals surface area contributed by atoms with E-state index in [1.54, 1.807) is 12.1 Å². The third kappa shape index (κ3) is 3.65. The lowest BCUT2D eigenvalue weighted by molar-refractivity contribution is -0.164. The van der Waals surface area contributed by atoms with Gasteiger partial charge < -0.3 is 14.7 Å². The second-order valence-electron chi connectivity index (χ2n) is 2.71. The Balaban J connectivity index is 2.54. The predicted octanol–water partition coefficient (Wildman–Crippen LogP) is 0.652. The Kier molecular flexibility index (Phi) is 4.21. The smallest absolute Gasteiger partial charge is 0.342 e. The van der Waals surface area contributed by atoms with Crippen LogP contribution < -0.4 is 4.89 Å². The van der Waals surface area contributed by atoms with E-state index in [1.165, 1.54) is 12.1 Å². The second kappa shape index (κ2) is 5.44. The van der Waals surface area contributed by atoms with E-state index >= 15 is 0 Å². The first-order valence-electron chi connectivity index (χ1n) is 4.18. The van der Waals surface area contributed by atoms with Gasteiger partial charge in [-0.05, 0) is 12.1 Å². The summed E-state index contributed by atoms with van der Waals surface area (Å²) in [5.41, 5.74) is 0.0265. The number of aromatic hydroxyl groups is 1. The number of phenols is 1. The molecular weight excluding hydrogens is 219 g/mol. The highest BCUT2D eigenvalue weighted by molar-refractivity contribution is 7.36. The maximum absolute atomic E-state index is 11.3. The van der Waals surface area contributed by atoms with E-state index < -0.39 is 14.0 Å². The molecule has 1 rings (SSSR count). The fourth-order valence-corrected chi connectivity index (χ4v) is 1.18. The molecule has 0 aliphatic heterocycles. The van der Waals surface area contributed by atoms with Crippen LogP contribution in [0.2, 0.25) is 0 Å². The van der Waals surface area contributed by atoms with E-state index in [1.807, 2.05) is 0 Å². The highest BCUT2D eigenvalue weighted by atomic mass is 31.1. The Morgan fingerprint density at radius 2 is 2.13 bits per heavy atom. The maximum Gasteiger partial charge on any atom is 0.342 e. The van der Waals surface area contributed by atoms with E-state index in [0.717, 1.165) is 0 Å². The summed E-state index contributed by atoms with van der Waals surface area (Å²) in [5, 5.41) is 9.27. The molecule has 1 aromatic rings. The van der Waals surface area contributed by atoms with Gasteiger partial charge in [-0.15, -0.1) is 0 Å². The summed E-state index contributed by atoms with van der Waals surface area (Å²) >= 11 is 0. The molecule has 0 saturated heterocycles. The van der Waals surface area contributed by atoms with Crippen LogP contribution in [0.25, 0.3) is 0 Å². The topological polar surface area (TPSA) is 86.7 Å². The van der Waals surface area contributed by atoms with Crippen molar-refractivity contribution >= 4 is 14.0 Å². The fourth-order valence-electron chi connectivity index (χ4n) is 0.937. The van der Waals surface area contributed by atoms with Gasteiger partial charge in [0.15, 0.2) is 6.16 Å². The minimum atomic E-state index is -2.55. The minimum absolute atomic E-state index is 0.0265. The Hall–Kier alpha value is -1.45. The molecule has 1 unspecified atom stereocenters. The first-order valence-corrected chi connectivity index (χ1v) is 5.54. The van der Waals surface area contributed by atoms with Crippen molar-refractivity contribution in [3.05, 3.63) is 29.8 Å². The van der Waals surface area contributed by atoms with E-state index in [4.69, 9.17) is 0 Å². The van der Waals surface area contributed by atoms with Crippen molar-refractivity contribution in [1.82, 2.24) is 0 Å². The van der Waals surface area contributed by atoms with Crippen molar-refractivity contribution in [3.8, 4) is 5.75 Å². The number of carbonyl (C=O) groups excluding carboxylic acids is 1. The van der Waals surface area contributed by atoms with Crippen molar-refractivity contribution in [1.29, 1.82) is 0 Å². The third-order valence-electron chi connectivity index (χ3n) is 1.63. The number of benzene rings is 1. The number of ether oxygens (including phenoxy) is 1. The molecule has 0 spiro atoms. The molecule has 0 aromatic heterocycles. The first-order chi connectivity index (χ1) is 7.11.